The Morgan fingerprint density at radius 3 is 2.66 bits per heavy atom. The van der Waals surface area contributed by atoms with Gasteiger partial charge in [0.2, 0.25) is 11.8 Å². The molecule has 2 N–H and O–H groups in total. The van der Waals surface area contributed by atoms with Gasteiger partial charge in [0.15, 0.2) is 0 Å². The monoisotopic (exact) mass is 592 g/mol. The standard InChI is InChI=1S/C28H30F2N4O6.ClH/c1-17(33-9-11-39-12-10-33)40-21-4-2-3-20(14-21)28(29,30)27(38)31-15-18-5-6-22-19(13-18)16-34(26(22)37)23-7-8-24(35)32-25(23)36;/h2-6,13-14,17,23H,7-12,15-16H2,1H3,(H,31,38)(H,32,35,36);1H. The predicted molar refractivity (Wildman–Crippen MR) is 144 cm³/mol. The molecule has 2 unspecified atom stereocenters. The molecule has 0 aromatic heterocycles. The molecule has 13 heteroatoms. The lowest BCUT2D eigenvalue weighted by Gasteiger charge is -2.32. The van der Waals surface area contributed by atoms with Crippen molar-refractivity contribution in [1.29, 1.82) is 0 Å². The molecule has 2 atom stereocenters. The highest BCUT2D eigenvalue weighted by Gasteiger charge is 2.42. The first-order valence-electron chi connectivity index (χ1n) is 13.1. The first kappa shape index (κ1) is 30.4. The lowest BCUT2D eigenvalue weighted by atomic mass is 10.0. The van der Waals surface area contributed by atoms with Gasteiger partial charge >= 0.3 is 5.92 Å². The zero-order valence-corrected chi connectivity index (χ0v) is 23.2. The fourth-order valence-corrected chi connectivity index (χ4v) is 5.14. The molecule has 3 aliphatic rings. The smallest absolute Gasteiger partial charge is 0.349 e. The number of nitrogens with one attached hydrogen (secondary N) is 2. The van der Waals surface area contributed by atoms with Gasteiger partial charge in [-0.25, -0.2) is 0 Å². The van der Waals surface area contributed by atoms with Gasteiger partial charge in [-0.3, -0.25) is 29.4 Å². The van der Waals surface area contributed by atoms with Crippen LogP contribution >= 0.6 is 12.4 Å². The third-order valence-electron chi connectivity index (χ3n) is 7.39. The molecule has 220 valence electrons. The summed E-state index contributed by atoms with van der Waals surface area (Å²) in [4.78, 5) is 52.5. The van der Waals surface area contributed by atoms with Gasteiger partial charge in [0.05, 0.1) is 13.2 Å². The Morgan fingerprint density at radius 2 is 1.93 bits per heavy atom. The average molecular weight is 593 g/mol. The summed E-state index contributed by atoms with van der Waals surface area (Å²) in [5.74, 6) is -6.27. The number of morpholine rings is 1. The molecule has 2 aromatic carbocycles. The van der Waals surface area contributed by atoms with Crippen LogP contribution in [0.25, 0.3) is 0 Å². The number of hydrogen-bond acceptors (Lipinski definition) is 7. The number of benzene rings is 2. The van der Waals surface area contributed by atoms with E-state index in [1.165, 1.54) is 23.1 Å². The molecular formula is C28H31ClF2N4O6. The number of hydrogen-bond donors (Lipinski definition) is 2. The average Bonchev–Trinajstić information content (AvgIpc) is 3.27. The van der Waals surface area contributed by atoms with Crippen LogP contribution in [-0.4, -0.2) is 72.0 Å². The summed E-state index contributed by atoms with van der Waals surface area (Å²) in [5.41, 5.74) is 1.05. The van der Waals surface area contributed by atoms with Crippen LogP contribution in [0.3, 0.4) is 0 Å². The molecule has 2 aromatic rings. The van der Waals surface area contributed by atoms with Gasteiger partial charge in [-0.1, -0.05) is 24.3 Å². The van der Waals surface area contributed by atoms with E-state index < -0.39 is 29.3 Å². The maximum Gasteiger partial charge on any atom is 0.349 e. The molecule has 0 radical (unpaired) electrons. The van der Waals surface area contributed by atoms with E-state index in [-0.39, 0.29) is 62.1 Å². The van der Waals surface area contributed by atoms with Gasteiger partial charge in [-0.15, -0.1) is 12.4 Å². The van der Waals surface area contributed by atoms with Gasteiger partial charge in [0.1, 0.15) is 18.0 Å². The fraction of sp³-hybridized carbons (Fsp3) is 0.429. The first-order valence-corrected chi connectivity index (χ1v) is 13.1. The van der Waals surface area contributed by atoms with Gasteiger partial charge in [0, 0.05) is 43.7 Å². The molecule has 0 saturated carbocycles. The van der Waals surface area contributed by atoms with Gasteiger partial charge < -0.3 is 19.7 Å². The maximum absolute atomic E-state index is 15.1. The van der Waals surface area contributed by atoms with Crippen molar-refractivity contribution in [3.63, 3.8) is 0 Å². The molecule has 41 heavy (non-hydrogen) atoms. The molecule has 3 heterocycles. The van der Waals surface area contributed by atoms with Crippen molar-refractivity contribution in [3.8, 4) is 5.75 Å². The molecule has 3 aliphatic heterocycles. The zero-order chi connectivity index (χ0) is 28.4. The van der Waals surface area contributed by atoms with Crippen molar-refractivity contribution in [1.82, 2.24) is 20.4 Å². The zero-order valence-electron chi connectivity index (χ0n) is 22.4. The van der Waals surface area contributed by atoms with Crippen LogP contribution in [0, 0.1) is 0 Å². The number of rotatable bonds is 8. The van der Waals surface area contributed by atoms with Crippen LogP contribution in [-0.2, 0) is 38.1 Å². The molecule has 2 fully saturated rings. The second-order valence-electron chi connectivity index (χ2n) is 10.0. The summed E-state index contributed by atoms with van der Waals surface area (Å²) in [6, 6.07) is 9.36. The fourth-order valence-electron chi connectivity index (χ4n) is 5.14. The Bertz CT molecular complexity index is 1340. The number of carbonyl (C=O) groups is 4. The number of ether oxygens (including phenoxy) is 2. The van der Waals surface area contributed by atoms with Crippen molar-refractivity contribution in [2.24, 2.45) is 0 Å². The maximum atomic E-state index is 15.1. The summed E-state index contributed by atoms with van der Waals surface area (Å²) in [6.45, 7) is 4.29. The number of imide groups is 1. The molecule has 10 nitrogen and oxygen atoms in total. The SMILES string of the molecule is CC(Oc1cccc(C(F)(F)C(=O)NCc2ccc3c(c2)CN(C2CCC(=O)NC2=O)C3=O)c1)N1CCOCC1.Cl. The van der Waals surface area contributed by atoms with E-state index in [0.29, 0.717) is 43.0 Å². The highest BCUT2D eigenvalue weighted by atomic mass is 35.5. The topological polar surface area (TPSA) is 117 Å². The summed E-state index contributed by atoms with van der Waals surface area (Å²) in [6.07, 6.45) is 0.0317. The van der Waals surface area contributed by atoms with E-state index in [1.807, 2.05) is 11.8 Å². The Labute approximate surface area is 241 Å². The third kappa shape index (κ3) is 6.50. The Hall–Kier alpha value is -3.61. The Balaban J connectivity index is 0.00000387. The lowest BCUT2D eigenvalue weighted by molar-refractivity contribution is -0.147. The van der Waals surface area contributed by atoms with E-state index in [2.05, 4.69) is 10.6 Å². The van der Waals surface area contributed by atoms with Gasteiger partial charge in [-0.2, -0.15) is 8.78 Å². The Morgan fingerprint density at radius 1 is 1.17 bits per heavy atom. The minimum absolute atomic E-state index is 0. The largest absolute Gasteiger partial charge is 0.475 e. The normalized spacial score (nSPS) is 20.1. The van der Waals surface area contributed by atoms with Crippen molar-refractivity contribution < 1.29 is 37.4 Å². The van der Waals surface area contributed by atoms with Crippen molar-refractivity contribution in [3.05, 3.63) is 64.7 Å². The molecule has 0 aliphatic carbocycles. The van der Waals surface area contributed by atoms with Crippen LogP contribution in [0.2, 0.25) is 0 Å². The summed E-state index contributed by atoms with van der Waals surface area (Å²) in [7, 11) is 0. The van der Waals surface area contributed by atoms with Crippen molar-refractivity contribution in [2.75, 3.05) is 26.3 Å². The van der Waals surface area contributed by atoms with Gasteiger partial charge in [0.25, 0.3) is 11.8 Å². The number of halogens is 3. The molecule has 0 spiro atoms. The van der Waals surface area contributed by atoms with E-state index in [1.54, 1.807) is 24.3 Å². The lowest BCUT2D eigenvalue weighted by Crippen LogP contribution is -2.52. The first-order chi connectivity index (χ1) is 19.1. The van der Waals surface area contributed by atoms with Crippen LogP contribution < -0.4 is 15.4 Å². The second-order valence-corrected chi connectivity index (χ2v) is 10.0. The summed E-state index contributed by atoms with van der Waals surface area (Å²) < 4.78 is 41.4. The molecule has 0 bridgehead atoms. The van der Waals surface area contributed by atoms with Crippen molar-refractivity contribution >= 4 is 36.0 Å². The summed E-state index contributed by atoms with van der Waals surface area (Å²) >= 11 is 0. The number of carbonyl (C=O) groups excluding carboxylic acids is 4. The van der Waals surface area contributed by atoms with E-state index >= 15 is 8.78 Å². The number of alkyl halides is 2. The van der Waals surface area contributed by atoms with E-state index in [9.17, 15) is 19.2 Å². The number of nitrogens with zero attached hydrogens (tertiary/aromatic N) is 2. The number of piperidine rings is 1. The molecule has 2 saturated heterocycles. The quantitative estimate of drug-likeness (QED) is 0.452. The minimum atomic E-state index is -3.81. The third-order valence-corrected chi connectivity index (χ3v) is 7.39. The minimum Gasteiger partial charge on any atom is -0.475 e. The van der Waals surface area contributed by atoms with Crippen LogP contribution in [0.5, 0.6) is 5.75 Å². The predicted octanol–water partition coefficient (Wildman–Crippen LogP) is 2.33. The Kier molecular flexibility index (Phi) is 9.25. The van der Waals surface area contributed by atoms with Crippen LogP contribution in [0.1, 0.15) is 46.8 Å². The molecular weight excluding hydrogens is 562 g/mol. The molecule has 5 rings (SSSR count). The summed E-state index contributed by atoms with van der Waals surface area (Å²) in [5, 5.41) is 4.53. The second kappa shape index (κ2) is 12.5. The van der Waals surface area contributed by atoms with Crippen LogP contribution in [0.15, 0.2) is 42.5 Å². The highest BCUT2D eigenvalue weighted by Crippen LogP contribution is 2.32. The van der Waals surface area contributed by atoms with Crippen LogP contribution in [0.4, 0.5) is 8.78 Å². The highest BCUT2D eigenvalue weighted by molar-refractivity contribution is 6.05. The van der Waals surface area contributed by atoms with E-state index in [4.69, 9.17) is 9.47 Å². The van der Waals surface area contributed by atoms with Crippen molar-refractivity contribution in [2.45, 2.75) is 51.0 Å². The number of amides is 4. The van der Waals surface area contributed by atoms with E-state index in [0.717, 1.165) is 0 Å². The molecule has 4 amide bonds. The number of fused-ring (bicyclic) bond motifs is 1. The van der Waals surface area contributed by atoms with Gasteiger partial charge in [-0.05, 0) is 42.7 Å².